The van der Waals surface area contributed by atoms with Crippen molar-refractivity contribution < 1.29 is 9.53 Å². The maximum atomic E-state index is 12.4. The van der Waals surface area contributed by atoms with Gasteiger partial charge in [0.15, 0.2) is 5.78 Å². The Morgan fingerprint density at radius 2 is 2.10 bits per heavy atom. The summed E-state index contributed by atoms with van der Waals surface area (Å²) < 4.78 is 5.85. The molecule has 4 aromatic rings. The van der Waals surface area contributed by atoms with Gasteiger partial charge in [0.25, 0.3) is 0 Å². The van der Waals surface area contributed by atoms with E-state index < -0.39 is 0 Å². The van der Waals surface area contributed by atoms with Crippen molar-refractivity contribution >= 4 is 39.8 Å². The van der Waals surface area contributed by atoms with Crippen LogP contribution in [0.15, 0.2) is 73.7 Å². The van der Waals surface area contributed by atoms with Crippen molar-refractivity contribution in [3.8, 4) is 17.6 Å². The van der Waals surface area contributed by atoms with Crippen LogP contribution in [0.3, 0.4) is 0 Å². The molecule has 1 aliphatic rings. The smallest absolute Gasteiger partial charge is 0.159 e. The Hall–Kier alpha value is -4.25. The van der Waals surface area contributed by atoms with Crippen molar-refractivity contribution in [2.45, 2.75) is 32.8 Å². The molecule has 5 rings (SSSR count). The molecule has 1 unspecified atom stereocenters. The second-order valence-corrected chi connectivity index (χ2v) is 11.0. The van der Waals surface area contributed by atoms with E-state index in [9.17, 15) is 4.79 Å². The number of carbonyl (C=O) groups is 1. The minimum atomic E-state index is -0.104. The van der Waals surface area contributed by atoms with Crippen LogP contribution in [0.2, 0.25) is 5.02 Å². The lowest BCUT2D eigenvalue weighted by atomic mass is 9.82. The molecule has 8 heteroatoms. The van der Waals surface area contributed by atoms with Crippen LogP contribution in [0.25, 0.3) is 10.9 Å². The molecule has 1 N–H and O–H groups in total. The predicted octanol–water partition coefficient (Wildman–Crippen LogP) is 6.38. The minimum Gasteiger partial charge on any atom is -0.486 e. The molecule has 1 aliphatic heterocycles. The van der Waals surface area contributed by atoms with E-state index in [0.29, 0.717) is 23.2 Å². The number of piperidine rings is 1. The molecular formula is C33H32ClN5O2. The van der Waals surface area contributed by atoms with Gasteiger partial charge in [0.2, 0.25) is 0 Å². The molecule has 41 heavy (non-hydrogen) atoms. The molecule has 1 atom stereocenters. The number of fused-ring (bicyclic) bond motifs is 1. The summed E-state index contributed by atoms with van der Waals surface area (Å²) in [5.41, 5.74) is 3.79. The minimum absolute atomic E-state index is 0.0737. The second-order valence-electron chi connectivity index (χ2n) is 10.6. The van der Waals surface area contributed by atoms with Crippen LogP contribution in [0.1, 0.15) is 36.6 Å². The molecule has 0 amide bonds. The summed E-state index contributed by atoms with van der Waals surface area (Å²) in [6.07, 6.45) is 6.94. The third-order valence-corrected chi connectivity index (χ3v) is 7.43. The topological polar surface area (TPSA) is 80.2 Å². The number of nitrogens with one attached hydrogen (secondary N) is 1. The van der Waals surface area contributed by atoms with E-state index in [-0.39, 0.29) is 17.6 Å². The highest BCUT2D eigenvalue weighted by Gasteiger charge is 2.27. The quantitative estimate of drug-likeness (QED) is 0.196. The number of hydrogen-bond acceptors (Lipinski definition) is 7. The van der Waals surface area contributed by atoms with E-state index in [1.807, 2.05) is 42.5 Å². The normalized spacial score (nSPS) is 17.0. The highest BCUT2D eigenvalue weighted by atomic mass is 35.5. The van der Waals surface area contributed by atoms with Crippen LogP contribution in [-0.2, 0) is 17.8 Å². The van der Waals surface area contributed by atoms with Gasteiger partial charge < -0.3 is 15.0 Å². The summed E-state index contributed by atoms with van der Waals surface area (Å²) in [5.74, 6) is 7.98. The summed E-state index contributed by atoms with van der Waals surface area (Å²) in [6, 6.07) is 15.0. The summed E-state index contributed by atoms with van der Waals surface area (Å²) in [6.45, 7) is 8.18. The van der Waals surface area contributed by atoms with E-state index in [1.54, 1.807) is 12.3 Å². The Morgan fingerprint density at radius 3 is 2.85 bits per heavy atom. The fourth-order valence-corrected chi connectivity index (χ4v) is 5.29. The van der Waals surface area contributed by atoms with Crippen LogP contribution >= 0.6 is 11.6 Å². The van der Waals surface area contributed by atoms with Gasteiger partial charge in [-0.3, -0.25) is 9.78 Å². The molecule has 0 aliphatic carbocycles. The van der Waals surface area contributed by atoms with Crippen molar-refractivity contribution in [2.24, 2.45) is 5.41 Å². The van der Waals surface area contributed by atoms with Crippen molar-refractivity contribution in [3.63, 3.8) is 0 Å². The Labute approximate surface area is 245 Å². The van der Waals surface area contributed by atoms with Gasteiger partial charge in [0.1, 0.15) is 24.5 Å². The van der Waals surface area contributed by atoms with Crippen LogP contribution < -0.4 is 10.1 Å². The van der Waals surface area contributed by atoms with E-state index in [1.165, 1.54) is 12.4 Å². The number of rotatable bonds is 8. The van der Waals surface area contributed by atoms with Gasteiger partial charge in [-0.1, -0.05) is 36.1 Å². The Morgan fingerprint density at radius 1 is 1.22 bits per heavy atom. The van der Waals surface area contributed by atoms with E-state index in [0.717, 1.165) is 59.3 Å². The van der Waals surface area contributed by atoms with Crippen LogP contribution in [-0.4, -0.2) is 45.8 Å². The summed E-state index contributed by atoms with van der Waals surface area (Å²) in [5, 5.41) is 4.58. The number of halogens is 1. The molecule has 0 saturated carbocycles. The summed E-state index contributed by atoms with van der Waals surface area (Å²) in [4.78, 5) is 28.0. The number of ketones is 1. The number of aromatic nitrogens is 3. The average Bonchev–Trinajstić information content (AvgIpc) is 2.96. The fourth-order valence-electron chi connectivity index (χ4n) is 5.05. The van der Waals surface area contributed by atoms with Crippen molar-refractivity contribution in [2.75, 3.05) is 25.5 Å². The molecular weight excluding hydrogens is 534 g/mol. The lowest BCUT2D eigenvalue weighted by Crippen LogP contribution is -2.38. The van der Waals surface area contributed by atoms with Crippen molar-refractivity contribution in [1.29, 1.82) is 0 Å². The number of benzene rings is 2. The van der Waals surface area contributed by atoms with Gasteiger partial charge in [-0.2, -0.15) is 0 Å². The zero-order valence-electron chi connectivity index (χ0n) is 23.3. The zero-order chi connectivity index (χ0) is 28.8. The predicted molar refractivity (Wildman–Crippen MR) is 163 cm³/mol. The maximum Gasteiger partial charge on any atom is 0.159 e. The maximum absolute atomic E-state index is 12.4. The van der Waals surface area contributed by atoms with E-state index >= 15 is 0 Å². The monoisotopic (exact) mass is 565 g/mol. The number of nitrogens with zero attached hydrogens (tertiary/aromatic N) is 4. The third kappa shape index (κ3) is 7.10. The number of ether oxygens (including phenoxy) is 1. The van der Waals surface area contributed by atoms with Gasteiger partial charge in [-0.25, -0.2) is 9.97 Å². The first-order valence-electron chi connectivity index (χ1n) is 13.6. The standard InChI is InChI=1S/C33H32ClN5O2/c1-4-27(40)16-24-17-28-30(18-23(24)11-13-33(2)12-7-15-39(3)21-33)36-22-37-32(28)38-25-9-10-31(29(34)19-25)41-20-26-8-5-6-14-35-26/h4-6,8-10,14,17-19,22H,1,7,12,15-16,20-21H2,2-3H3,(H,36,37,38). The number of pyridine rings is 1. The lowest BCUT2D eigenvalue weighted by molar-refractivity contribution is -0.114. The number of likely N-dealkylation sites (tertiary alicyclic amines) is 1. The number of allylic oxidation sites excluding steroid dienone is 1. The summed E-state index contributed by atoms with van der Waals surface area (Å²) in [7, 11) is 2.13. The van der Waals surface area contributed by atoms with Crippen LogP contribution in [0.5, 0.6) is 5.75 Å². The first kappa shape index (κ1) is 28.3. The number of carbonyl (C=O) groups excluding carboxylic acids is 1. The van der Waals surface area contributed by atoms with Gasteiger partial charge in [0, 0.05) is 41.2 Å². The first-order chi connectivity index (χ1) is 19.8. The Bertz CT molecular complexity index is 1650. The van der Waals surface area contributed by atoms with Crippen LogP contribution in [0, 0.1) is 17.3 Å². The molecule has 2 aromatic heterocycles. The number of hydrogen-bond donors (Lipinski definition) is 1. The molecule has 3 heterocycles. The molecule has 0 bridgehead atoms. The molecule has 2 aromatic carbocycles. The molecule has 208 valence electrons. The van der Waals surface area contributed by atoms with Crippen molar-refractivity contribution in [3.05, 3.63) is 95.6 Å². The van der Waals surface area contributed by atoms with Crippen LogP contribution in [0.4, 0.5) is 11.5 Å². The SMILES string of the molecule is C=CC(=O)Cc1cc2c(Nc3ccc(OCc4ccccn4)c(Cl)c3)ncnc2cc1C#CC1(C)CCCN(C)C1. The van der Waals surface area contributed by atoms with Gasteiger partial charge >= 0.3 is 0 Å². The fraction of sp³-hybridized carbons (Fsp3) is 0.273. The summed E-state index contributed by atoms with van der Waals surface area (Å²) >= 11 is 6.54. The highest BCUT2D eigenvalue weighted by Crippen LogP contribution is 2.32. The Kier molecular flexibility index (Phi) is 8.63. The molecule has 1 fully saturated rings. The second kappa shape index (κ2) is 12.5. The largest absolute Gasteiger partial charge is 0.486 e. The molecule has 1 saturated heterocycles. The van der Waals surface area contributed by atoms with Gasteiger partial charge in [-0.15, -0.1) is 0 Å². The molecule has 7 nitrogen and oxygen atoms in total. The average molecular weight is 566 g/mol. The Balaban J connectivity index is 1.43. The van der Waals surface area contributed by atoms with E-state index in [2.05, 4.69) is 57.6 Å². The first-order valence-corrected chi connectivity index (χ1v) is 13.9. The molecule has 0 radical (unpaired) electrons. The highest BCUT2D eigenvalue weighted by molar-refractivity contribution is 6.32. The third-order valence-electron chi connectivity index (χ3n) is 7.14. The van der Waals surface area contributed by atoms with Gasteiger partial charge in [0.05, 0.1) is 16.2 Å². The van der Waals surface area contributed by atoms with Gasteiger partial charge in [-0.05, 0) is 87.5 Å². The van der Waals surface area contributed by atoms with Crippen molar-refractivity contribution in [1.82, 2.24) is 19.9 Å². The molecule has 0 spiro atoms. The van der Waals surface area contributed by atoms with E-state index in [4.69, 9.17) is 16.3 Å². The zero-order valence-corrected chi connectivity index (χ0v) is 24.0. The lowest BCUT2D eigenvalue weighted by Gasteiger charge is -2.34. The number of anilines is 2.